The predicted molar refractivity (Wildman–Crippen MR) is 72.5 cm³/mol. The Hall–Kier alpha value is 0.0700. The van der Waals surface area contributed by atoms with Crippen molar-refractivity contribution in [2.75, 3.05) is 23.9 Å². The Balaban J connectivity index is 1.93. The third kappa shape index (κ3) is 6.28. The van der Waals surface area contributed by atoms with Crippen LogP contribution in [0.2, 0.25) is 5.15 Å². The molecule has 15 heavy (non-hydrogen) atoms. The lowest BCUT2D eigenvalue weighted by molar-refractivity contribution is 0.689. The molecule has 1 aromatic rings. The minimum absolute atomic E-state index is 0.586. The van der Waals surface area contributed by atoms with Crippen LogP contribution in [-0.2, 0) is 0 Å². The quantitative estimate of drug-likeness (QED) is 0.715. The van der Waals surface area contributed by atoms with Crippen molar-refractivity contribution in [3.05, 3.63) is 10.5 Å². The van der Waals surface area contributed by atoms with E-state index < -0.39 is 0 Å². The number of unbranched alkanes of at least 4 members (excludes halogenated alkanes) is 3. The fourth-order valence-electron chi connectivity index (χ4n) is 1.26. The van der Waals surface area contributed by atoms with Crippen LogP contribution in [0.5, 0.6) is 0 Å². The first-order valence-electron chi connectivity index (χ1n) is 5.17. The molecule has 2 nitrogen and oxygen atoms in total. The zero-order chi connectivity index (χ0) is 10.9. The van der Waals surface area contributed by atoms with Crippen LogP contribution in [-0.4, -0.2) is 23.5 Å². The van der Waals surface area contributed by atoms with Gasteiger partial charge in [0, 0.05) is 11.9 Å². The van der Waals surface area contributed by atoms with Gasteiger partial charge < -0.3 is 5.32 Å². The largest absolute Gasteiger partial charge is 0.361 e. The number of nitrogens with zero attached hydrogens (tertiary/aromatic N) is 1. The van der Waals surface area contributed by atoms with E-state index in [1.807, 2.05) is 17.1 Å². The molecule has 0 aliphatic heterocycles. The molecular formula is C10H17ClN2S2. The Labute approximate surface area is 105 Å². The van der Waals surface area contributed by atoms with Crippen LogP contribution in [0, 0.1) is 0 Å². The lowest BCUT2D eigenvalue weighted by Crippen LogP contribution is -2.00. The van der Waals surface area contributed by atoms with Gasteiger partial charge in [-0.3, -0.25) is 0 Å². The van der Waals surface area contributed by atoms with E-state index in [9.17, 15) is 0 Å². The van der Waals surface area contributed by atoms with Crippen LogP contribution in [0.15, 0.2) is 5.38 Å². The normalized spacial score (nSPS) is 10.5. The Bertz CT molecular complexity index is 266. The summed E-state index contributed by atoms with van der Waals surface area (Å²) in [7, 11) is 0. The van der Waals surface area contributed by atoms with Crippen molar-refractivity contribution >= 4 is 39.8 Å². The molecule has 0 unspecified atom stereocenters. The summed E-state index contributed by atoms with van der Waals surface area (Å²) in [6.45, 7) is 1.00. The zero-order valence-corrected chi connectivity index (χ0v) is 11.4. The van der Waals surface area contributed by atoms with Gasteiger partial charge in [-0.25, -0.2) is 4.98 Å². The first kappa shape index (κ1) is 13.1. The predicted octanol–water partition coefficient (Wildman–Crippen LogP) is 4.13. The summed E-state index contributed by atoms with van der Waals surface area (Å²) in [6, 6.07) is 0. The molecule has 0 radical (unpaired) electrons. The number of anilines is 1. The van der Waals surface area contributed by atoms with Crippen molar-refractivity contribution in [2.24, 2.45) is 0 Å². The number of nitrogens with one attached hydrogen (secondary N) is 1. The van der Waals surface area contributed by atoms with Gasteiger partial charge in [0.1, 0.15) is 5.15 Å². The highest BCUT2D eigenvalue weighted by Gasteiger charge is 1.97. The molecule has 0 atom stereocenters. The fourth-order valence-corrected chi connectivity index (χ4v) is 2.61. The highest BCUT2D eigenvalue weighted by Crippen LogP contribution is 2.18. The summed E-state index contributed by atoms with van der Waals surface area (Å²) in [5.41, 5.74) is 0. The lowest BCUT2D eigenvalue weighted by Gasteiger charge is -2.02. The number of aromatic nitrogens is 1. The van der Waals surface area contributed by atoms with Crippen LogP contribution >= 0.6 is 34.7 Å². The molecule has 0 saturated heterocycles. The van der Waals surface area contributed by atoms with Gasteiger partial charge in [0.15, 0.2) is 5.13 Å². The Morgan fingerprint density at radius 2 is 2.20 bits per heavy atom. The summed E-state index contributed by atoms with van der Waals surface area (Å²) >= 11 is 9.21. The maximum Gasteiger partial charge on any atom is 0.184 e. The molecule has 0 aromatic carbocycles. The van der Waals surface area contributed by atoms with Gasteiger partial charge >= 0.3 is 0 Å². The maximum absolute atomic E-state index is 5.71. The van der Waals surface area contributed by atoms with E-state index >= 15 is 0 Å². The van der Waals surface area contributed by atoms with E-state index in [1.54, 1.807) is 11.3 Å². The first-order valence-corrected chi connectivity index (χ1v) is 7.82. The molecule has 86 valence electrons. The number of thioether (sulfide) groups is 1. The van der Waals surface area contributed by atoms with Gasteiger partial charge in [-0.1, -0.05) is 24.4 Å². The Morgan fingerprint density at radius 3 is 2.87 bits per heavy atom. The molecule has 0 spiro atoms. The van der Waals surface area contributed by atoms with Crippen LogP contribution in [0.25, 0.3) is 0 Å². The van der Waals surface area contributed by atoms with Gasteiger partial charge in [-0.05, 0) is 24.9 Å². The van der Waals surface area contributed by atoms with E-state index in [0.717, 1.165) is 11.7 Å². The fraction of sp³-hybridized carbons (Fsp3) is 0.700. The van der Waals surface area contributed by atoms with Gasteiger partial charge in [0.2, 0.25) is 0 Å². The molecule has 0 saturated carbocycles. The SMILES string of the molecule is CSCCCCCCNc1nc(Cl)cs1. The van der Waals surface area contributed by atoms with Crippen molar-refractivity contribution in [3.8, 4) is 0 Å². The van der Waals surface area contributed by atoms with Crippen LogP contribution in [0.4, 0.5) is 5.13 Å². The average Bonchev–Trinajstić information content (AvgIpc) is 2.63. The monoisotopic (exact) mass is 264 g/mol. The highest BCUT2D eigenvalue weighted by atomic mass is 35.5. The van der Waals surface area contributed by atoms with E-state index in [-0.39, 0.29) is 0 Å². The standard InChI is InChI=1S/C10H17ClN2S2/c1-14-7-5-3-2-4-6-12-10-13-9(11)8-15-10/h8H,2-7H2,1H3,(H,12,13). The average molecular weight is 265 g/mol. The van der Waals surface area contributed by atoms with Gasteiger partial charge in [-0.15, -0.1) is 11.3 Å². The number of hydrogen-bond acceptors (Lipinski definition) is 4. The van der Waals surface area contributed by atoms with Crippen LogP contribution < -0.4 is 5.32 Å². The van der Waals surface area contributed by atoms with Crippen molar-refractivity contribution in [2.45, 2.75) is 25.7 Å². The number of rotatable bonds is 8. The molecule has 1 N–H and O–H groups in total. The second-order valence-corrected chi connectivity index (χ2v) is 5.54. The Morgan fingerprint density at radius 1 is 1.40 bits per heavy atom. The Kier molecular flexibility index (Phi) is 7.22. The van der Waals surface area contributed by atoms with E-state index in [2.05, 4.69) is 16.6 Å². The molecule has 0 aliphatic rings. The van der Waals surface area contributed by atoms with Gasteiger partial charge in [0.05, 0.1) is 0 Å². The third-order valence-electron chi connectivity index (χ3n) is 2.03. The molecule has 1 aromatic heterocycles. The number of halogens is 1. The molecule has 0 bridgehead atoms. The highest BCUT2D eigenvalue weighted by molar-refractivity contribution is 7.98. The van der Waals surface area contributed by atoms with Crippen molar-refractivity contribution in [3.63, 3.8) is 0 Å². The van der Waals surface area contributed by atoms with Crippen molar-refractivity contribution in [1.29, 1.82) is 0 Å². The zero-order valence-electron chi connectivity index (χ0n) is 8.96. The summed E-state index contributed by atoms with van der Waals surface area (Å²) in [5.74, 6) is 1.29. The topological polar surface area (TPSA) is 24.9 Å². The molecule has 0 fully saturated rings. The molecule has 0 aliphatic carbocycles. The number of thiazole rings is 1. The van der Waals surface area contributed by atoms with Crippen molar-refractivity contribution < 1.29 is 0 Å². The summed E-state index contributed by atoms with van der Waals surface area (Å²) in [6.07, 6.45) is 7.34. The summed E-state index contributed by atoms with van der Waals surface area (Å²) in [4.78, 5) is 4.13. The van der Waals surface area contributed by atoms with E-state index in [1.165, 1.54) is 31.4 Å². The summed E-state index contributed by atoms with van der Waals surface area (Å²) in [5, 5.41) is 6.64. The lowest BCUT2D eigenvalue weighted by atomic mass is 10.2. The second kappa shape index (κ2) is 8.25. The maximum atomic E-state index is 5.71. The minimum Gasteiger partial charge on any atom is -0.361 e. The minimum atomic E-state index is 0.586. The van der Waals surface area contributed by atoms with E-state index in [0.29, 0.717) is 5.15 Å². The molecular weight excluding hydrogens is 248 g/mol. The first-order chi connectivity index (χ1) is 7.33. The molecule has 5 heteroatoms. The third-order valence-corrected chi connectivity index (χ3v) is 3.85. The molecule has 1 heterocycles. The number of hydrogen-bond donors (Lipinski definition) is 1. The second-order valence-electron chi connectivity index (χ2n) is 3.31. The van der Waals surface area contributed by atoms with Crippen LogP contribution in [0.3, 0.4) is 0 Å². The van der Waals surface area contributed by atoms with Gasteiger partial charge in [-0.2, -0.15) is 11.8 Å². The van der Waals surface area contributed by atoms with Crippen LogP contribution in [0.1, 0.15) is 25.7 Å². The summed E-state index contributed by atoms with van der Waals surface area (Å²) < 4.78 is 0. The van der Waals surface area contributed by atoms with E-state index in [4.69, 9.17) is 11.6 Å². The smallest absolute Gasteiger partial charge is 0.184 e. The molecule has 0 amide bonds. The van der Waals surface area contributed by atoms with Crippen molar-refractivity contribution in [1.82, 2.24) is 4.98 Å². The van der Waals surface area contributed by atoms with Gasteiger partial charge in [0.25, 0.3) is 0 Å². The molecule has 1 rings (SSSR count).